The SMILES string of the molecule is Cc1cccc(C=NNc2nc(N3CCOCC3)nc3c2ncn3CCN2CCOCC2)c1. The van der Waals surface area contributed by atoms with Gasteiger partial charge in [-0.25, -0.2) is 4.98 Å². The Bertz CT molecular complexity index is 1100. The number of imidazole rings is 1. The van der Waals surface area contributed by atoms with Gasteiger partial charge < -0.3 is 18.9 Å². The first-order chi connectivity index (χ1) is 16.3. The summed E-state index contributed by atoms with van der Waals surface area (Å²) in [6.45, 7) is 10.2. The molecule has 1 aromatic carbocycles. The summed E-state index contributed by atoms with van der Waals surface area (Å²) < 4.78 is 13.1. The third-order valence-corrected chi connectivity index (χ3v) is 5.93. The predicted molar refractivity (Wildman–Crippen MR) is 128 cm³/mol. The maximum absolute atomic E-state index is 5.51. The molecule has 0 radical (unpaired) electrons. The molecule has 2 fully saturated rings. The summed E-state index contributed by atoms with van der Waals surface area (Å²) in [5, 5.41) is 4.44. The van der Waals surface area contributed by atoms with Crippen LogP contribution in [-0.4, -0.2) is 89.8 Å². The Hall–Kier alpha value is -3.08. The lowest BCUT2D eigenvalue weighted by Crippen LogP contribution is -2.38. The highest BCUT2D eigenvalue weighted by molar-refractivity contribution is 5.86. The highest BCUT2D eigenvalue weighted by Gasteiger charge is 2.20. The fourth-order valence-corrected chi connectivity index (χ4v) is 4.07. The summed E-state index contributed by atoms with van der Waals surface area (Å²) in [6.07, 6.45) is 3.64. The number of hydrogen-bond donors (Lipinski definition) is 1. The van der Waals surface area contributed by atoms with Gasteiger partial charge in [-0.05, 0) is 12.5 Å². The third-order valence-electron chi connectivity index (χ3n) is 5.93. The van der Waals surface area contributed by atoms with E-state index in [1.165, 1.54) is 5.56 Å². The van der Waals surface area contributed by atoms with Gasteiger partial charge in [-0.1, -0.05) is 29.8 Å². The van der Waals surface area contributed by atoms with Gasteiger partial charge in [0, 0.05) is 39.3 Å². The number of rotatable bonds is 7. The maximum atomic E-state index is 5.51. The molecule has 0 aliphatic carbocycles. The van der Waals surface area contributed by atoms with Crippen molar-refractivity contribution in [2.75, 3.05) is 69.5 Å². The smallest absolute Gasteiger partial charge is 0.229 e. The summed E-state index contributed by atoms with van der Waals surface area (Å²) in [7, 11) is 0. The fourth-order valence-electron chi connectivity index (χ4n) is 4.07. The number of aryl methyl sites for hydroxylation is 1. The molecule has 33 heavy (non-hydrogen) atoms. The number of benzene rings is 1. The van der Waals surface area contributed by atoms with E-state index in [0.717, 1.165) is 69.2 Å². The van der Waals surface area contributed by atoms with Gasteiger partial charge >= 0.3 is 0 Å². The van der Waals surface area contributed by atoms with Crippen LogP contribution in [0, 0.1) is 6.92 Å². The number of fused-ring (bicyclic) bond motifs is 1. The van der Waals surface area contributed by atoms with Crippen molar-refractivity contribution in [3.8, 4) is 0 Å². The van der Waals surface area contributed by atoms with Crippen molar-refractivity contribution in [3.05, 3.63) is 41.7 Å². The van der Waals surface area contributed by atoms with Crippen LogP contribution in [0.5, 0.6) is 0 Å². The summed E-state index contributed by atoms with van der Waals surface area (Å²) in [5.41, 5.74) is 6.86. The molecule has 10 heteroatoms. The molecule has 4 heterocycles. The van der Waals surface area contributed by atoms with Crippen molar-refractivity contribution in [2.24, 2.45) is 5.10 Å². The van der Waals surface area contributed by atoms with Crippen molar-refractivity contribution >= 4 is 29.1 Å². The Morgan fingerprint density at radius 1 is 1.03 bits per heavy atom. The second kappa shape index (κ2) is 10.2. The van der Waals surface area contributed by atoms with Gasteiger partial charge in [-0.3, -0.25) is 10.3 Å². The molecule has 0 atom stereocenters. The minimum atomic E-state index is 0.607. The topological polar surface area (TPSA) is 92.9 Å². The maximum Gasteiger partial charge on any atom is 0.229 e. The highest BCUT2D eigenvalue weighted by atomic mass is 16.5. The summed E-state index contributed by atoms with van der Waals surface area (Å²) in [5.74, 6) is 1.28. The quantitative estimate of drug-likeness (QED) is 0.430. The van der Waals surface area contributed by atoms with E-state index in [0.29, 0.717) is 25.0 Å². The molecule has 1 N–H and O–H groups in total. The van der Waals surface area contributed by atoms with Crippen molar-refractivity contribution in [2.45, 2.75) is 13.5 Å². The first-order valence-corrected chi connectivity index (χ1v) is 11.5. The minimum absolute atomic E-state index is 0.607. The van der Waals surface area contributed by atoms with Crippen LogP contribution in [0.4, 0.5) is 11.8 Å². The molecule has 0 spiro atoms. The van der Waals surface area contributed by atoms with Crippen LogP contribution in [0.15, 0.2) is 35.7 Å². The Morgan fingerprint density at radius 2 is 1.82 bits per heavy atom. The molecule has 5 rings (SSSR count). The van der Waals surface area contributed by atoms with E-state index in [1.807, 2.05) is 18.5 Å². The molecule has 3 aromatic rings. The van der Waals surface area contributed by atoms with E-state index in [4.69, 9.17) is 19.4 Å². The number of morpholine rings is 2. The first kappa shape index (κ1) is 21.7. The molecule has 0 amide bonds. The number of hydrogen-bond acceptors (Lipinski definition) is 9. The van der Waals surface area contributed by atoms with Crippen LogP contribution >= 0.6 is 0 Å². The Morgan fingerprint density at radius 3 is 2.61 bits per heavy atom. The summed E-state index contributed by atoms with van der Waals surface area (Å²) in [4.78, 5) is 18.8. The Kier molecular flexibility index (Phi) is 6.75. The minimum Gasteiger partial charge on any atom is -0.379 e. The van der Waals surface area contributed by atoms with Crippen molar-refractivity contribution < 1.29 is 9.47 Å². The second-order valence-corrected chi connectivity index (χ2v) is 8.32. The molecule has 174 valence electrons. The van der Waals surface area contributed by atoms with E-state index < -0.39 is 0 Å². The number of hydrazone groups is 1. The van der Waals surface area contributed by atoms with Crippen LogP contribution in [0.2, 0.25) is 0 Å². The van der Waals surface area contributed by atoms with Gasteiger partial charge in [0.2, 0.25) is 5.95 Å². The standard InChI is InChI=1S/C23H30N8O2/c1-18-3-2-4-19(15-18)16-25-28-21-20-22(27-23(26-21)30-9-13-33-14-10-30)31(17-24-20)6-5-29-7-11-32-12-8-29/h2-4,15-17H,5-14H2,1H3,(H,26,27,28). The van der Waals surface area contributed by atoms with E-state index in [-0.39, 0.29) is 0 Å². The van der Waals surface area contributed by atoms with Gasteiger partial charge in [-0.15, -0.1) is 0 Å². The average molecular weight is 451 g/mol. The van der Waals surface area contributed by atoms with Crippen LogP contribution in [0.25, 0.3) is 11.2 Å². The number of nitrogens with one attached hydrogen (secondary N) is 1. The van der Waals surface area contributed by atoms with Gasteiger partial charge in [0.05, 0.1) is 39.0 Å². The summed E-state index contributed by atoms with van der Waals surface area (Å²) >= 11 is 0. The first-order valence-electron chi connectivity index (χ1n) is 11.5. The average Bonchev–Trinajstić information content (AvgIpc) is 3.27. The Labute approximate surface area is 193 Å². The molecule has 2 aliphatic rings. The molecule has 0 saturated carbocycles. The van der Waals surface area contributed by atoms with Crippen LogP contribution in [0.1, 0.15) is 11.1 Å². The van der Waals surface area contributed by atoms with E-state index in [1.54, 1.807) is 6.21 Å². The van der Waals surface area contributed by atoms with Gasteiger partial charge in [0.25, 0.3) is 0 Å². The highest BCUT2D eigenvalue weighted by Crippen LogP contribution is 2.23. The van der Waals surface area contributed by atoms with E-state index in [2.05, 4.69) is 48.9 Å². The molecule has 2 saturated heterocycles. The summed E-state index contributed by atoms with van der Waals surface area (Å²) in [6, 6.07) is 8.19. The number of ether oxygens (including phenoxy) is 2. The monoisotopic (exact) mass is 450 g/mol. The molecule has 0 bridgehead atoms. The van der Waals surface area contributed by atoms with Crippen molar-refractivity contribution in [1.82, 2.24) is 24.4 Å². The molecule has 2 aromatic heterocycles. The van der Waals surface area contributed by atoms with Crippen molar-refractivity contribution in [3.63, 3.8) is 0 Å². The number of aromatic nitrogens is 4. The zero-order valence-corrected chi connectivity index (χ0v) is 19.0. The molecular weight excluding hydrogens is 420 g/mol. The lowest BCUT2D eigenvalue weighted by molar-refractivity contribution is 0.0365. The molecule has 0 unspecified atom stereocenters. The molecule has 2 aliphatic heterocycles. The zero-order valence-electron chi connectivity index (χ0n) is 19.0. The van der Waals surface area contributed by atoms with Gasteiger partial charge in [0.15, 0.2) is 17.0 Å². The fraction of sp³-hybridized carbons (Fsp3) is 0.478. The number of nitrogens with zero attached hydrogens (tertiary/aromatic N) is 7. The normalized spacial score (nSPS) is 17.8. The molecular formula is C23H30N8O2. The number of anilines is 2. The van der Waals surface area contributed by atoms with Crippen molar-refractivity contribution in [1.29, 1.82) is 0 Å². The van der Waals surface area contributed by atoms with E-state index >= 15 is 0 Å². The molecule has 10 nitrogen and oxygen atoms in total. The van der Waals surface area contributed by atoms with Crippen LogP contribution in [0.3, 0.4) is 0 Å². The third kappa shape index (κ3) is 5.29. The van der Waals surface area contributed by atoms with E-state index in [9.17, 15) is 0 Å². The lowest BCUT2D eigenvalue weighted by Gasteiger charge is -2.27. The second-order valence-electron chi connectivity index (χ2n) is 8.32. The Balaban J connectivity index is 1.41. The van der Waals surface area contributed by atoms with Gasteiger partial charge in [0.1, 0.15) is 0 Å². The van der Waals surface area contributed by atoms with Crippen LogP contribution in [-0.2, 0) is 16.0 Å². The van der Waals surface area contributed by atoms with Crippen LogP contribution < -0.4 is 10.3 Å². The lowest BCUT2D eigenvalue weighted by atomic mass is 10.2. The largest absolute Gasteiger partial charge is 0.379 e. The zero-order chi connectivity index (χ0) is 22.5. The van der Waals surface area contributed by atoms with Gasteiger partial charge in [-0.2, -0.15) is 15.1 Å². The predicted octanol–water partition coefficient (Wildman–Crippen LogP) is 1.75.